The summed E-state index contributed by atoms with van der Waals surface area (Å²) < 4.78 is 10.8. The third kappa shape index (κ3) is 7.74. The predicted octanol–water partition coefficient (Wildman–Crippen LogP) is 0.410. The molecule has 8 heteroatoms. The van der Waals surface area contributed by atoms with E-state index < -0.39 is 0 Å². The smallest absolute Gasteiger partial charge is 0.234 e. The highest BCUT2D eigenvalue weighted by atomic mass is 16.5. The fourth-order valence-electron chi connectivity index (χ4n) is 3.01. The van der Waals surface area contributed by atoms with Crippen molar-refractivity contribution >= 4 is 11.9 Å². The van der Waals surface area contributed by atoms with Crippen LogP contribution in [0.4, 0.5) is 0 Å². The standard InChI is InChI=1S/C20H33N5O3/c1-17(28-18-7-5-4-6-8-18)15-23-20(21-2)25-12-10-24(11-13-25)16-19(26)22-9-14-27-3/h4-8,17H,9-16H2,1-3H3,(H,21,23)(H,22,26). The third-order valence-electron chi connectivity index (χ3n) is 4.51. The van der Waals surface area contributed by atoms with E-state index in [1.807, 2.05) is 37.3 Å². The van der Waals surface area contributed by atoms with Crippen LogP contribution in [0.25, 0.3) is 0 Å². The number of rotatable bonds is 9. The lowest BCUT2D eigenvalue weighted by atomic mass is 10.3. The van der Waals surface area contributed by atoms with Gasteiger partial charge in [0.25, 0.3) is 0 Å². The maximum Gasteiger partial charge on any atom is 0.234 e. The number of carbonyl (C=O) groups excluding carboxylic acids is 1. The Kier molecular flexibility index (Phi) is 9.57. The normalized spacial score (nSPS) is 16.5. The first kappa shape index (κ1) is 22.0. The van der Waals surface area contributed by atoms with Crippen molar-refractivity contribution in [2.24, 2.45) is 4.99 Å². The molecule has 1 fully saturated rings. The van der Waals surface area contributed by atoms with Crippen molar-refractivity contribution in [3.63, 3.8) is 0 Å². The summed E-state index contributed by atoms with van der Waals surface area (Å²) in [5, 5.41) is 6.25. The molecule has 1 saturated heterocycles. The van der Waals surface area contributed by atoms with Crippen LogP contribution in [0, 0.1) is 0 Å². The minimum atomic E-state index is 0.0243. The van der Waals surface area contributed by atoms with Gasteiger partial charge in [-0.25, -0.2) is 0 Å². The molecule has 1 aromatic carbocycles. The monoisotopic (exact) mass is 391 g/mol. The molecule has 1 aliphatic heterocycles. The minimum Gasteiger partial charge on any atom is -0.489 e. The van der Waals surface area contributed by atoms with Gasteiger partial charge >= 0.3 is 0 Å². The van der Waals surface area contributed by atoms with Crippen molar-refractivity contribution in [2.75, 3.05) is 66.6 Å². The Morgan fingerprint density at radius 1 is 1.18 bits per heavy atom. The number of methoxy groups -OCH3 is 1. The Morgan fingerprint density at radius 2 is 1.89 bits per heavy atom. The molecule has 0 spiro atoms. The highest BCUT2D eigenvalue weighted by Crippen LogP contribution is 2.10. The quantitative estimate of drug-likeness (QED) is 0.361. The first-order valence-electron chi connectivity index (χ1n) is 9.77. The first-order valence-corrected chi connectivity index (χ1v) is 9.77. The van der Waals surface area contributed by atoms with Crippen LogP contribution in [0.1, 0.15) is 6.92 Å². The van der Waals surface area contributed by atoms with Crippen LogP contribution in [0.15, 0.2) is 35.3 Å². The van der Waals surface area contributed by atoms with Gasteiger partial charge in [-0.15, -0.1) is 0 Å². The number of ether oxygens (including phenoxy) is 2. The summed E-state index contributed by atoms with van der Waals surface area (Å²) in [5.74, 6) is 1.77. The molecule has 0 saturated carbocycles. The zero-order valence-corrected chi connectivity index (χ0v) is 17.2. The van der Waals surface area contributed by atoms with Crippen LogP contribution in [0.3, 0.4) is 0 Å². The number of hydrogen-bond donors (Lipinski definition) is 2. The fraction of sp³-hybridized carbons (Fsp3) is 0.600. The van der Waals surface area contributed by atoms with Crippen LogP contribution in [0.5, 0.6) is 5.75 Å². The highest BCUT2D eigenvalue weighted by Gasteiger charge is 2.21. The molecule has 1 unspecified atom stereocenters. The van der Waals surface area contributed by atoms with E-state index in [9.17, 15) is 4.79 Å². The summed E-state index contributed by atoms with van der Waals surface area (Å²) in [6.45, 7) is 7.53. The molecule has 8 nitrogen and oxygen atoms in total. The number of aliphatic imine (C=N–C) groups is 1. The number of nitrogens with zero attached hydrogens (tertiary/aromatic N) is 3. The predicted molar refractivity (Wildman–Crippen MR) is 111 cm³/mol. The van der Waals surface area contributed by atoms with E-state index in [0.29, 0.717) is 26.2 Å². The van der Waals surface area contributed by atoms with E-state index in [1.165, 1.54) is 0 Å². The van der Waals surface area contributed by atoms with E-state index in [-0.39, 0.29) is 12.0 Å². The lowest BCUT2D eigenvalue weighted by Gasteiger charge is -2.36. The van der Waals surface area contributed by atoms with Crippen LogP contribution in [-0.4, -0.2) is 94.3 Å². The lowest BCUT2D eigenvalue weighted by Crippen LogP contribution is -2.54. The Morgan fingerprint density at radius 3 is 2.54 bits per heavy atom. The molecule has 0 radical (unpaired) electrons. The first-order chi connectivity index (χ1) is 13.6. The van der Waals surface area contributed by atoms with Gasteiger partial charge in [-0.1, -0.05) is 18.2 Å². The second-order valence-electron chi connectivity index (χ2n) is 6.78. The molecule has 1 atom stereocenters. The van der Waals surface area contributed by atoms with Gasteiger partial charge < -0.3 is 25.0 Å². The van der Waals surface area contributed by atoms with Crippen molar-refractivity contribution in [3.8, 4) is 5.75 Å². The molecular formula is C20H33N5O3. The highest BCUT2D eigenvalue weighted by molar-refractivity contribution is 5.80. The number of piperazine rings is 1. The van der Waals surface area contributed by atoms with Gasteiger partial charge in [-0.05, 0) is 19.1 Å². The Balaban J connectivity index is 1.69. The molecule has 0 bridgehead atoms. The summed E-state index contributed by atoms with van der Waals surface area (Å²) in [7, 11) is 3.42. The molecule has 1 amide bonds. The van der Waals surface area contributed by atoms with Gasteiger partial charge in [-0.2, -0.15) is 0 Å². The number of hydrogen-bond acceptors (Lipinski definition) is 5. The lowest BCUT2D eigenvalue weighted by molar-refractivity contribution is -0.122. The van der Waals surface area contributed by atoms with E-state index in [4.69, 9.17) is 9.47 Å². The molecule has 2 N–H and O–H groups in total. The number of guanidine groups is 1. The molecule has 1 aliphatic rings. The van der Waals surface area contributed by atoms with E-state index >= 15 is 0 Å². The van der Waals surface area contributed by atoms with Crippen molar-refractivity contribution < 1.29 is 14.3 Å². The summed E-state index contributed by atoms with van der Waals surface area (Å²) in [5.41, 5.74) is 0. The number of benzene rings is 1. The minimum absolute atomic E-state index is 0.0243. The van der Waals surface area contributed by atoms with Crippen molar-refractivity contribution in [3.05, 3.63) is 30.3 Å². The Bertz CT molecular complexity index is 603. The number of nitrogens with one attached hydrogen (secondary N) is 2. The summed E-state index contributed by atoms with van der Waals surface area (Å²) in [4.78, 5) is 20.7. The number of carbonyl (C=O) groups is 1. The molecule has 2 rings (SSSR count). The van der Waals surface area contributed by atoms with Crippen LogP contribution in [-0.2, 0) is 9.53 Å². The molecule has 0 aliphatic carbocycles. The summed E-state index contributed by atoms with van der Waals surface area (Å²) in [6.07, 6.45) is 0.0243. The molecular weight excluding hydrogens is 358 g/mol. The maximum atomic E-state index is 11.9. The maximum absolute atomic E-state index is 11.9. The fourth-order valence-corrected chi connectivity index (χ4v) is 3.01. The van der Waals surface area contributed by atoms with Gasteiger partial charge in [0.2, 0.25) is 5.91 Å². The molecule has 1 heterocycles. The van der Waals surface area contributed by atoms with Crippen molar-refractivity contribution in [1.29, 1.82) is 0 Å². The van der Waals surface area contributed by atoms with Gasteiger partial charge in [0.1, 0.15) is 11.9 Å². The van der Waals surface area contributed by atoms with Crippen molar-refractivity contribution in [1.82, 2.24) is 20.4 Å². The van der Waals surface area contributed by atoms with Gasteiger partial charge in [0.05, 0.1) is 19.7 Å². The van der Waals surface area contributed by atoms with E-state index in [1.54, 1.807) is 14.2 Å². The van der Waals surface area contributed by atoms with Gasteiger partial charge in [-0.3, -0.25) is 14.7 Å². The molecule has 1 aromatic rings. The summed E-state index contributed by atoms with van der Waals surface area (Å²) >= 11 is 0. The summed E-state index contributed by atoms with van der Waals surface area (Å²) in [6, 6.07) is 9.81. The van der Waals surface area contributed by atoms with Gasteiger partial charge in [0.15, 0.2) is 5.96 Å². The Labute approximate surface area is 167 Å². The van der Waals surface area contributed by atoms with E-state index in [2.05, 4.69) is 25.4 Å². The molecule has 156 valence electrons. The van der Waals surface area contributed by atoms with Crippen LogP contribution >= 0.6 is 0 Å². The number of amides is 1. The third-order valence-corrected chi connectivity index (χ3v) is 4.51. The second-order valence-corrected chi connectivity index (χ2v) is 6.78. The van der Waals surface area contributed by atoms with Crippen LogP contribution < -0.4 is 15.4 Å². The second kappa shape index (κ2) is 12.2. The average Bonchev–Trinajstić information content (AvgIpc) is 2.70. The number of para-hydroxylation sites is 1. The topological polar surface area (TPSA) is 78.4 Å². The largest absolute Gasteiger partial charge is 0.489 e. The molecule has 0 aromatic heterocycles. The zero-order valence-electron chi connectivity index (χ0n) is 17.2. The van der Waals surface area contributed by atoms with E-state index in [0.717, 1.165) is 37.9 Å². The SMILES string of the molecule is CN=C(NCC(C)Oc1ccccc1)N1CCN(CC(=O)NCCOC)CC1. The van der Waals surface area contributed by atoms with Gasteiger partial charge in [0, 0.05) is 46.9 Å². The zero-order chi connectivity index (χ0) is 20.2. The average molecular weight is 392 g/mol. The van der Waals surface area contributed by atoms with Crippen LogP contribution in [0.2, 0.25) is 0 Å². The molecule has 28 heavy (non-hydrogen) atoms. The Hall–Kier alpha value is -2.32. The van der Waals surface area contributed by atoms with Crippen molar-refractivity contribution in [2.45, 2.75) is 13.0 Å².